The van der Waals surface area contributed by atoms with Crippen LogP contribution in [-0.2, 0) is 4.79 Å². The maximum Gasteiger partial charge on any atom is 0.412 e. The van der Waals surface area contributed by atoms with Crippen LogP contribution in [0.25, 0.3) is 0 Å². The molecule has 0 saturated carbocycles. The molecule has 0 bridgehead atoms. The first kappa shape index (κ1) is 17.5. The van der Waals surface area contributed by atoms with Gasteiger partial charge in [-0.1, -0.05) is 6.42 Å². The van der Waals surface area contributed by atoms with Crippen LogP contribution in [-0.4, -0.2) is 40.9 Å². The molecule has 9 nitrogen and oxygen atoms in total. The molecule has 1 atom stereocenters. The van der Waals surface area contributed by atoms with Gasteiger partial charge >= 0.3 is 18.1 Å². The number of nitrogens with two attached hydrogens (primary N) is 3. The number of carbonyl (C=O) groups is 3. The van der Waals surface area contributed by atoms with Crippen LogP contribution < -0.4 is 22.5 Å². The summed E-state index contributed by atoms with van der Waals surface area (Å²) >= 11 is 0. The Bertz CT molecular complexity index is 246. The van der Waals surface area contributed by atoms with Crippen molar-refractivity contribution in [3.63, 3.8) is 0 Å². The molecule has 3 amide bonds. The zero-order chi connectivity index (χ0) is 13.8. The lowest BCUT2D eigenvalue weighted by Crippen LogP contribution is -2.33. The van der Waals surface area contributed by atoms with E-state index in [2.05, 4.69) is 5.73 Å². The number of imide groups is 1. The molecule has 0 aliphatic rings. The van der Waals surface area contributed by atoms with Crippen molar-refractivity contribution in [2.24, 2.45) is 17.2 Å². The monoisotopic (exact) mass is 250 g/mol. The Morgan fingerprint density at radius 1 is 1.18 bits per heavy atom. The summed E-state index contributed by atoms with van der Waals surface area (Å²) in [6, 6.07) is -1.78. The summed E-state index contributed by atoms with van der Waals surface area (Å²) in [5.41, 5.74) is 14.8. The number of carboxylic acids is 1. The molecule has 0 aliphatic heterocycles. The van der Waals surface area contributed by atoms with Crippen LogP contribution in [0, 0.1) is 0 Å². The second-order valence-corrected chi connectivity index (χ2v) is 3.02. The van der Waals surface area contributed by atoms with E-state index >= 15 is 0 Å². The van der Waals surface area contributed by atoms with Crippen molar-refractivity contribution in [3.8, 4) is 0 Å². The fourth-order valence-corrected chi connectivity index (χ4v) is 0.737. The largest absolute Gasteiger partial charge is 0.480 e. The molecular weight excluding hydrogens is 232 g/mol. The summed E-state index contributed by atoms with van der Waals surface area (Å²) in [6.45, 7) is 0.604. The molecule has 0 aliphatic carbocycles. The predicted octanol–water partition coefficient (Wildman–Crippen LogP) is -1.14. The molecule has 0 aromatic rings. The van der Waals surface area contributed by atoms with Gasteiger partial charge < -0.3 is 27.4 Å². The van der Waals surface area contributed by atoms with E-state index < -0.39 is 24.1 Å². The topological polar surface area (TPSA) is 182 Å². The van der Waals surface area contributed by atoms with Gasteiger partial charge in [0.2, 0.25) is 0 Å². The van der Waals surface area contributed by atoms with Crippen LogP contribution in [0.3, 0.4) is 0 Å². The zero-order valence-electron chi connectivity index (χ0n) is 9.26. The van der Waals surface area contributed by atoms with Crippen molar-refractivity contribution in [1.82, 2.24) is 5.32 Å². The average molecular weight is 250 g/mol. The van der Waals surface area contributed by atoms with Crippen LogP contribution in [0.2, 0.25) is 0 Å². The summed E-state index contributed by atoms with van der Waals surface area (Å²) < 4.78 is 0. The van der Waals surface area contributed by atoms with Crippen LogP contribution in [0.5, 0.6) is 0 Å². The summed E-state index contributed by atoms with van der Waals surface area (Å²) in [6.07, 6.45) is 0.727. The smallest absolute Gasteiger partial charge is 0.412 e. The maximum atomic E-state index is 10.1. The molecule has 1 unspecified atom stereocenters. The first-order valence-electron chi connectivity index (χ1n) is 4.79. The molecule has 9 heteroatoms. The molecular formula is C8H18N4O5. The first-order valence-corrected chi connectivity index (χ1v) is 4.79. The van der Waals surface area contributed by atoms with Gasteiger partial charge in [-0.05, 0) is 19.4 Å². The summed E-state index contributed by atoms with van der Waals surface area (Å²) in [4.78, 5) is 29.1. The number of carboxylic acid groups (broad SMARTS) is 2. The second-order valence-electron chi connectivity index (χ2n) is 3.02. The van der Waals surface area contributed by atoms with Gasteiger partial charge in [-0.25, -0.2) is 14.9 Å². The molecule has 0 rings (SSSR count). The quantitative estimate of drug-likeness (QED) is 0.333. The number of nitrogens with one attached hydrogen (secondary N) is 1. The first-order chi connectivity index (χ1) is 7.81. The van der Waals surface area contributed by atoms with E-state index in [1.807, 2.05) is 0 Å². The lowest BCUT2D eigenvalue weighted by atomic mass is 10.1. The van der Waals surface area contributed by atoms with E-state index in [0.29, 0.717) is 13.0 Å². The fraction of sp³-hybridized carbons (Fsp3) is 0.625. The lowest BCUT2D eigenvalue weighted by Gasteiger charge is -2.03. The van der Waals surface area contributed by atoms with Crippen LogP contribution in [0.4, 0.5) is 9.59 Å². The van der Waals surface area contributed by atoms with Crippen LogP contribution in [0.1, 0.15) is 19.3 Å². The Morgan fingerprint density at radius 3 is 1.94 bits per heavy atom. The summed E-state index contributed by atoms with van der Waals surface area (Å²) in [5.74, 6) is -0.933. The Labute approximate surface area is 97.9 Å². The third-order valence-corrected chi connectivity index (χ3v) is 1.52. The Balaban J connectivity index is 0. The Morgan fingerprint density at radius 2 is 1.71 bits per heavy atom. The summed E-state index contributed by atoms with van der Waals surface area (Å²) in [7, 11) is 0. The van der Waals surface area contributed by atoms with E-state index in [0.717, 1.165) is 12.8 Å². The molecule has 0 spiro atoms. The molecule has 17 heavy (non-hydrogen) atoms. The minimum absolute atomic E-state index is 0.520. The van der Waals surface area contributed by atoms with E-state index in [4.69, 9.17) is 21.7 Å². The van der Waals surface area contributed by atoms with Gasteiger partial charge in [-0.3, -0.25) is 4.79 Å². The molecule has 0 aromatic heterocycles. The van der Waals surface area contributed by atoms with E-state index in [-0.39, 0.29) is 0 Å². The molecule has 0 heterocycles. The number of hydrogen-bond donors (Lipinski definition) is 6. The van der Waals surface area contributed by atoms with Crippen molar-refractivity contribution in [3.05, 3.63) is 0 Å². The fourth-order valence-electron chi connectivity index (χ4n) is 0.737. The van der Waals surface area contributed by atoms with Crippen LogP contribution >= 0.6 is 0 Å². The number of carbonyl (C=O) groups excluding carboxylic acids is 1. The number of hydrogen-bond acceptors (Lipinski definition) is 5. The highest BCUT2D eigenvalue weighted by atomic mass is 16.4. The van der Waals surface area contributed by atoms with Gasteiger partial charge in [0.05, 0.1) is 0 Å². The second kappa shape index (κ2) is 10.6. The molecule has 0 fully saturated rings. The van der Waals surface area contributed by atoms with Gasteiger partial charge in [-0.2, -0.15) is 0 Å². The molecule has 9 N–H and O–H groups in total. The number of primary amides is 1. The lowest BCUT2D eigenvalue weighted by molar-refractivity contribution is -0.138. The highest BCUT2D eigenvalue weighted by Crippen LogP contribution is 1.96. The van der Waals surface area contributed by atoms with Crippen molar-refractivity contribution in [1.29, 1.82) is 0 Å². The van der Waals surface area contributed by atoms with Crippen molar-refractivity contribution >= 4 is 18.1 Å². The zero-order valence-corrected chi connectivity index (χ0v) is 9.26. The highest BCUT2D eigenvalue weighted by Gasteiger charge is 2.09. The van der Waals surface area contributed by atoms with E-state index in [1.54, 1.807) is 0 Å². The maximum absolute atomic E-state index is 10.1. The summed E-state index contributed by atoms with van der Waals surface area (Å²) in [5, 5.41) is 17.4. The number of urea groups is 1. The van der Waals surface area contributed by atoms with Gasteiger partial charge in [0, 0.05) is 0 Å². The van der Waals surface area contributed by atoms with Gasteiger partial charge in [0.25, 0.3) is 0 Å². The van der Waals surface area contributed by atoms with Gasteiger partial charge in [0.15, 0.2) is 0 Å². The normalized spacial score (nSPS) is 10.7. The van der Waals surface area contributed by atoms with Crippen molar-refractivity contribution < 1.29 is 24.6 Å². The average Bonchev–Trinajstić information content (AvgIpc) is 2.16. The SMILES string of the molecule is NC(=O)NC(=O)O.NCCCCC(N)C(=O)O. The third kappa shape index (κ3) is 16.8. The minimum atomic E-state index is -1.44. The van der Waals surface area contributed by atoms with Crippen LogP contribution in [0.15, 0.2) is 0 Å². The van der Waals surface area contributed by atoms with E-state index in [9.17, 15) is 14.4 Å². The van der Waals surface area contributed by atoms with Crippen molar-refractivity contribution in [2.75, 3.05) is 6.54 Å². The molecule has 0 saturated heterocycles. The van der Waals surface area contributed by atoms with E-state index in [1.165, 1.54) is 5.32 Å². The predicted molar refractivity (Wildman–Crippen MR) is 59.3 cm³/mol. The molecule has 0 radical (unpaired) electrons. The number of aliphatic carboxylic acids is 1. The Kier molecular flexibility index (Phi) is 11.0. The minimum Gasteiger partial charge on any atom is -0.480 e. The van der Waals surface area contributed by atoms with Gasteiger partial charge in [-0.15, -0.1) is 0 Å². The standard InChI is InChI=1S/C6H14N2O2.C2H4N2O3/c7-4-2-1-3-5(8)6(9)10;3-1(5)4-2(6)7/h5H,1-4,7-8H2,(H,9,10);(H,6,7)(H3,3,4,5). The number of unbranched alkanes of at least 4 members (excludes halogenated alkanes) is 1. The molecule has 0 aromatic carbocycles. The Hall–Kier alpha value is -1.87. The highest BCUT2D eigenvalue weighted by molar-refractivity contribution is 5.88. The van der Waals surface area contributed by atoms with Gasteiger partial charge in [0.1, 0.15) is 6.04 Å². The third-order valence-electron chi connectivity index (χ3n) is 1.52. The number of rotatable bonds is 5. The van der Waals surface area contributed by atoms with Crippen molar-refractivity contribution in [2.45, 2.75) is 25.3 Å². The number of amides is 3. The molecule has 100 valence electrons.